The lowest BCUT2D eigenvalue weighted by atomic mass is 10.1. The summed E-state index contributed by atoms with van der Waals surface area (Å²) in [5.74, 6) is 0.795. The highest BCUT2D eigenvalue weighted by molar-refractivity contribution is 7.19. The number of fused-ring (bicyclic) bond motifs is 1. The van der Waals surface area contributed by atoms with Gasteiger partial charge in [-0.25, -0.2) is 0 Å². The van der Waals surface area contributed by atoms with Gasteiger partial charge in [0.15, 0.2) is 0 Å². The average molecular weight is 309 g/mol. The minimum atomic E-state index is 0.795. The standard InChI is InChI=1S/C16H21ClN2S/c1-2-19-8-7-12(11-19)9-18-10-15-16(17)13-5-3-4-6-14(13)20-15/h3-6,12,18H,2,7-11H2,1H3. The Bertz CT molecular complexity index is 581. The van der Waals surface area contributed by atoms with E-state index in [1.54, 1.807) is 11.3 Å². The van der Waals surface area contributed by atoms with Crippen LogP contribution in [-0.4, -0.2) is 31.1 Å². The van der Waals surface area contributed by atoms with Gasteiger partial charge >= 0.3 is 0 Å². The molecule has 1 saturated heterocycles. The fraction of sp³-hybridized carbons (Fsp3) is 0.500. The molecule has 0 saturated carbocycles. The van der Waals surface area contributed by atoms with Crippen molar-refractivity contribution in [2.24, 2.45) is 5.92 Å². The molecule has 1 aromatic carbocycles. The van der Waals surface area contributed by atoms with Gasteiger partial charge in [-0.05, 0) is 38.0 Å². The molecule has 0 aliphatic carbocycles. The van der Waals surface area contributed by atoms with E-state index < -0.39 is 0 Å². The van der Waals surface area contributed by atoms with Gasteiger partial charge in [-0.3, -0.25) is 0 Å². The summed E-state index contributed by atoms with van der Waals surface area (Å²) in [7, 11) is 0. The fourth-order valence-corrected chi connectivity index (χ4v) is 4.40. The van der Waals surface area contributed by atoms with Crippen LogP contribution in [0.2, 0.25) is 5.02 Å². The number of hydrogen-bond acceptors (Lipinski definition) is 3. The van der Waals surface area contributed by atoms with Crippen LogP contribution in [0.15, 0.2) is 24.3 Å². The lowest BCUT2D eigenvalue weighted by Gasteiger charge is -2.13. The van der Waals surface area contributed by atoms with Crippen molar-refractivity contribution >= 4 is 33.0 Å². The minimum absolute atomic E-state index is 0.795. The Morgan fingerprint density at radius 1 is 1.40 bits per heavy atom. The highest BCUT2D eigenvalue weighted by Crippen LogP contribution is 2.34. The molecule has 4 heteroatoms. The molecule has 0 amide bonds. The summed E-state index contributed by atoms with van der Waals surface area (Å²) in [6.07, 6.45) is 1.32. The zero-order valence-corrected chi connectivity index (χ0v) is 13.4. The molecule has 0 spiro atoms. The molecular formula is C16H21ClN2S. The largest absolute Gasteiger partial charge is 0.311 e. The molecule has 2 heterocycles. The third kappa shape index (κ3) is 3.01. The monoisotopic (exact) mass is 308 g/mol. The molecule has 1 aliphatic heterocycles. The second kappa shape index (κ2) is 6.44. The van der Waals surface area contributed by atoms with Crippen molar-refractivity contribution in [2.75, 3.05) is 26.2 Å². The first-order chi connectivity index (χ1) is 9.78. The van der Waals surface area contributed by atoms with E-state index in [2.05, 4.69) is 41.4 Å². The number of nitrogens with zero attached hydrogens (tertiary/aromatic N) is 1. The summed E-state index contributed by atoms with van der Waals surface area (Å²) in [6, 6.07) is 8.37. The van der Waals surface area contributed by atoms with Gasteiger partial charge in [-0.2, -0.15) is 0 Å². The minimum Gasteiger partial charge on any atom is -0.311 e. The second-order valence-corrected chi connectivity index (χ2v) is 7.03. The number of hydrogen-bond donors (Lipinski definition) is 1. The number of rotatable bonds is 5. The van der Waals surface area contributed by atoms with Gasteiger partial charge in [-0.15, -0.1) is 11.3 Å². The maximum Gasteiger partial charge on any atom is 0.0636 e. The van der Waals surface area contributed by atoms with Gasteiger partial charge in [-0.1, -0.05) is 36.7 Å². The van der Waals surface area contributed by atoms with Crippen LogP contribution in [0.4, 0.5) is 0 Å². The number of benzene rings is 1. The van der Waals surface area contributed by atoms with E-state index in [4.69, 9.17) is 11.6 Å². The Hall–Kier alpha value is -0.610. The second-order valence-electron chi connectivity index (χ2n) is 5.51. The number of thiophene rings is 1. The first kappa shape index (κ1) is 14.3. The number of likely N-dealkylation sites (tertiary alicyclic amines) is 1. The SMILES string of the molecule is CCN1CCC(CNCc2sc3ccccc3c2Cl)C1. The third-order valence-corrected chi connectivity index (χ3v) is 5.85. The van der Waals surface area contributed by atoms with Crippen LogP contribution in [0, 0.1) is 5.92 Å². The first-order valence-electron chi connectivity index (χ1n) is 7.37. The molecule has 1 aromatic heterocycles. The van der Waals surface area contributed by atoms with E-state index in [0.717, 1.165) is 24.0 Å². The Balaban J connectivity index is 1.56. The van der Waals surface area contributed by atoms with Gasteiger partial charge in [0.25, 0.3) is 0 Å². The van der Waals surface area contributed by atoms with Crippen LogP contribution in [0.1, 0.15) is 18.2 Å². The van der Waals surface area contributed by atoms with Crippen molar-refractivity contribution in [3.8, 4) is 0 Å². The molecule has 1 atom stereocenters. The maximum atomic E-state index is 6.46. The molecule has 2 nitrogen and oxygen atoms in total. The van der Waals surface area contributed by atoms with Crippen LogP contribution >= 0.6 is 22.9 Å². The molecule has 0 bridgehead atoms. The van der Waals surface area contributed by atoms with Crippen LogP contribution in [0.3, 0.4) is 0 Å². The predicted molar refractivity (Wildman–Crippen MR) is 88.8 cm³/mol. The third-order valence-electron chi connectivity index (χ3n) is 4.14. The van der Waals surface area contributed by atoms with E-state index in [9.17, 15) is 0 Å². The zero-order valence-electron chi connectivity index (χ0n) is 11.9. The Morgan fingerprint density at radius 2 is 2.25 bits per heavy atom. The van der Waals surface area contributed by atoms with Gasteiger partial charge in [0, 0.05) is 28.1 Å². The summed E-state index contributed by atoms with van der Waals surface area (Å²) in [5.41, 5.74) is 0. The molecule has 3 rings (SSSR count). The summed E-state index contributed by atoms with van der Waals surface area (Å²) in [6.45, 7) is 7.91. The van der Waals surface area contributed by atoms with Gasteiger partial charge < -0.3 is 10.2 Å². The van der Waals surface area contributed by atoms with Crippen molar-refractivity contribution < 1.29 is 0 Å². The molecule has 2 aromatic rings. The maximum absolute atomic E-state index is 6.46. The van der Waals surface area contributed by atoms with E-state index in [1.807, 2.05) is 0 Å². The molecular weight excluding hydrogens is 288 g/mol. The van der Waals surface area contributed by atoms with Crippen molar-refractivity contribution in [3.63, 3.8) is 0 Å². The number of halogens is 1. The Kier molecular flexibility index (Phi) is 4.61. The van der Waals surface area contributed by atoms with Gasteiger partial charge in [0.05, 0.1) is 5.02 Å². The topological polar surface area (TPSA) is 15.3 Å². The van der Waals surface area contributed by atoms with Crippen LogP contribution in [0.5, 0.6) is 0 Å². The molecule has 1 unspecified atom stereocenters. The van der Waals surface area contributed by atoms with E-state index in [1.165, 1.54) is 41.0 Å². The Labute approximate surface area is 129 Å². The summed E-state index contributed by atoms with van der Waals surface area (Å²) < 4.78 is 1.28. The van der Waals surface area contributed by atoms with Gasteiger partial charge in [0.1, 0.15) is 0 Å². The highest BCUT2D eigenvalue weighted by atomic mass is 35.5. The summed E-state index contributed by atoms with van der Waals surface area (Å²) in [5, 5.41) is 5.71. The summed E-state index contributed by atoms with van der Waals surface area (Å²) in [4.78, 5) is 3.79. The van der Waals surface area contributed by atoms with Crippen LogP contribution < -0.4 is 5.32 Å². The average Bonchev–Trinajstić information content (AvgIpc) is 3.05. The zero-order chi connectivity index (χ0) is 13.9. The lowest BCUT2D eigenvalue weighted by Crippen LogP contribution is -2.26. The van der Waals surface area contributed by atoms with Crippen LogP contribution in [-0.2, 0) is 6.54 Å². The normalized spacial score (nSPS) is 20.0. The fourth-order valence-electron chi connectivity index (χ4n) is 2.93. The van der Waals surface area contributed by atoms with E-state index in [-0.39, 0.29) is 0 Å². The van der Waals surface area contributed by atoms with Gasteiger partial charge in [0.2, 0.25) is 0 Å². The predicted octanol–water partition coefficient (Wildman–Crippen LogP) is 3.99. The van der Waals surface area contributed by atoms with Crippen molar-refractivity contribution in [1.29, 1.82) is 0 Å². The Morgan fingerprint density at radius 3 is 3.00 bits per heavy atom. The number of nitrogens with one attached hydrogen (secondary N) is 1. The summed E-state index contributed by atoms with van der Waals surface area (Å²) >= 11 is 8.27. The molecule has 20 heavy (non-hydrogen) atoms. The molecule has 1 fully saturated rings. The molecule has 1 N–H and O–H groups in total. The highest BCUT2D eigenvalue weighted by Gasteiger charge is 2.20. The molecule has 0 radical (unpaired) electrons. The van der Waals surface area contributed by atoms with Crippen LogP contribution in [0.25, 0.3) is 10.1 Å². The van der Waals surface area contributed by atoms with Crippen molar-refractivity contribution in [2.45, 2.75) is 19.9 Å². The van der Waals surface area contributed by atoms with Crippen molar-refractivity contribution in [3.05, 3.63) is 34.2 Å². The van der Waals surface area contributed by atoms with E-state index >= 15 is 0 Å². The smallest absolute Gasteiger partial charge is 0.0636 e. The molecule has 108 valence electrons. The lowest BCUT2D eigenvalue weighted by molar-refractivity contribution is 0.339. The first-order valence-corrected chi connectivity index (χ1v) is 8.56. The van der Waals surface area contributed by atoms with E-state index in [0.29, 0.717) is 0 Å². The van der Waals surface area contributed by atoms with Crippen molar-refractivity contribution in [1.82, 2.24) is 10.2 Å². The quantitative estimate of drug-likeness (QED) is 0.898. The molecule has 1 aliphatic rings.